The third kappa shape index (κ3) is 3.66. The van der Waals surface area contributed by atoms with E-state index in [0.717, 1.165) is 25.6 Å². The normalized spacial score (nSPS) is 14.8. The molecule has 16 heavy (non-hydrogen) atoms. The van der Waals surface area contributed by atoms with Gasteiger partial charge in [0.25, 0.3) is 0 Å². The second kappa shape index (κ2) is 5.65. The molecule has 0 atom stereocenters. The van der Waals surface area contributed by atoms with Gasteiger partial charge in [0.1, 0.15) is 0 Å². The minimum atomic E-state index is 0.591. The molecule has 0 amide bonds. The van der Waals surface area contributed by atoms with Crippen molar-refractivity contribution in [2.45, 2.75) is 25.3 Å². The van der Waals surface area contributed by atoms with Crippen molar-refractivity contribution in [2.75, 3.05) is 25.5 Å². The molecular weight excluding hydrogens is 204 g/mol. The Hall–Kier alpha value is -1.36. The number of nitrogens with zero attached hydrogens (tertiary/aromatic N) is 2. The smallest absolute Gasteiger partial charge is 0.225 e. The topological polar surface area (TPSA) is 59.1 Å². The van der Waals surface area contributed by atoms with Gasteiger partial charge in [-0.1, -0.05) is 0 Å². The average Bonchev–Trinajstić information content (AvgIpc) is 3.13. The zero-order valence-electron chi connectivity index (χ0n) is 9.57. The number of rotatable bonds is 7. The SMILES string of the molecule is COc1ccnc(NCCCNC2CC2)n1. The van der Waals surface area contributed by atoms with Crippen LogP contribution in [0.25, 0.3) is 0 Å². The van der Waals surface area contributed by atoms with Crippen molar-refractivity contribution in [1.29, 1.82) is 0 Å². The lowest BCUT2D eigenvalue weighted by Gasteiger charge is -2.06. The monoisotopic (exact) mass is 222 g/mol. The highest BCUT2D eigenvalue weighted by atomic mass is 16.5. The molecule has 0 saturated heterocycles. The molecule has 1 aromatic heterocycles. The van der Waals surface area contributed by atoms with E-state index in [1.807, 2.05) is 0 Å². The number of hydrogen-bond donors (Lipinski definition) is 2. The van der Waals surface area contributed by atoms with Crippen LogP contribution in [0.1, 0.15) is 19.3 Å². The van der Waals surface area contributed by atoms with Gasteiger partial charge in [0, 0.05) is 24.8 Å². The van der Waals surface area contributed by atoms with Crippen LogP contribution >= 0.6 is 0 Å². The van der Waals surface area contributed by atoms with Crippen LogP contribution < -0.4 is 15.4 Å². The summed E-state index contributed by atoms with van der Waals surface area (Å²) in [7, 11) is 1.60. The summed E-state index contributed by atoms with van der Waals surface area (Å²) in [5.74, 6) is 1.22. The van der Waals surface area contributed by atoms with Gasteiger partial charge in [-0.3, -0.25) is 0 Å². The summed E-state index contributed by atoms with van der Waals surface area (Å²) in [6.07, 6.45) is 5.45. The van der Waals surface area contributed by atoms with Crippen molar-refractivity contribution in [2.24, 2.45) is 0 Å². The third-order valence-corrected chi connectivity index (χ3v) is 2.49. The lowest BCUT2D eigenvalue weighted by atomic mass is 10.4. The highest BCUT2D eigenvalue weighted by Crippen LogP contribution is 2.18. The van der Waals surface area contributed by atoms with Gasteiger partial charge in [-0.2, -0.15) is 4.98 Å². The minimum Gasteiger partial charge on any atom is -0.481 e. The molecule has 0 radical (unpaired) electrons. The molecule has 1 fully saturated rings. The second-order valence-electron chi connectivity index (χ2n) is 3.93. The van der Waals surface area contributed by atoms with Crippen molar-refractivity contribution >= 4 is 5.95 Å². The van der Waals surface area contributed by atoms with E-state index < -0.39 is 0 Å². The molecule has 1 aromatic rings. The maximum Gasteiger partial charge on any atom is 0.225 e. The quantitative estimate of drug-likeness (QED) is 0.675. The molecule has 0 unspecified atom stereocenters. The third-order valence-electron chi connectivity index (χ3n) is 2.49. The molecule has 0 aromatic carbocycles. The van der Waals surface area contributed by atoms with Gasteiger partial charge in [0.15, 0.2) is 0 Å². The van der Waals surface area contributed by atoms with E-state index in [2.05, 4.69) is 20.6 Å². The van der Waals surface area contributed by atoms with E-state index in [1.54, 1.807) is 19.4 Å². The standard InChI is InChI=1S/C11H18N4O/c1-16-10-5-8-14-11(15-10)13-7-2-6-12-9-3-4-9/h5,8-9,12H,2-4,6-7H2,1H3,(H,13,14,15). The number of hydrogen-bond acceptors (Lipinski definition) is 5. The number of anilines is 1. The van der Waals surface area contributed by atoms with Crippen LogP contribution in [0.2, 0.25) is 0 Å². The first-order valence-corrected chi connectivity index (χ1v) is 5.73. The van der Waals surface area contributed by atoms with Crippen molar-refractivity contribution in [3.05, 3.63) is 12.3 Å². The highest BCUT2D eigenvalue weighted by Gasteiger charge is 2.19. The highest BCUT2D eigenvalue weighted by molar-refractivity contribution is 5.26. The number of aromatic nitrogens is 2. The van der Waals surface area contributed by atoms with Crippen molar-refractivity contribution in [3.8, 4) is 5.88 Å². The fraction of sp³-hybridized carbons (Fsp3) is 0.636. The number of nitrogens with one attached hydrogen (secondary N) is 2. The number of methoxy groups -OCH3 is 1. The van der Waals surface area contributed by atoms with Crippen molar-refractivity contribution in [3.63, 3.8) is 0 Å². The number of ether oxygens (including phenoxy) is 1. The molecule has 1 aliphatic rings. The molecule has 88 valence electrons. The van der Waals surface area contributed by atoms with Crippen LogP contribution in [0.15, 0.2) is 12.3 Å². The molecule has 1 aliphatic carbocycles. The summed E-state index contributed by atoms with van der Waals surface area (Å²) >= 11 is 0. The Morgan fingerprint density at radius 2 is 2.31 bits per heavy atom. The van der Waals surface area contributed by atoms with Gasteiger partial charge in [-0.15, -0.1) is 0 Å². The molecule has 0 spiro atoms. The first-order chi connectivity index (χ1) is 7.88. The first kappa shape index (κ1) is 11.1. The van der Waals surface area contributed by atoms with Crippen molar-refractivity contribution < 1.29 is 4.74 Å². The second-order valence-corrected chi connectivity index (χ2v) is 3.93. The van der Waals surface area contributed by atoms with Gasteiger partial charge in [-0.25, -0.2) is 4.98 Å². The molecule has 0 bridgehead atoms. The lowest BCUT2D eigenvalue weighted by molar-refractivity contribution is 0.397. The van der Waals surface area contributed by atoms with E-state index in [1.165, 1.54) is 12.8 Å². The van der Waals surface area contributed by atoms with Gasteiger partial charge >= 0.3 is 0 Å². The van der Waals surface area contributed by atoms with Gasteiger partial charge in [0.05, 0.1) is 7.11 Å². The van der Waals surface area contributed by atoms with E-state index >= 15 is 0 Å². The summed E-state index contributed by atoms with van der Waals surface area (Å²) in [5.41, 5.74) is 0. The fourth-order valence-corrected chi connectivity index (χ4v) is 1.42. The molecule has 5 heteroatoms. The zero-order chi connectivity index (χ0) is 11.2. The van der Waals surface area contributed by atoms with E-state index in [0.29, 0.717) is 11.8 Å². The maximum atomic E-state index is 5.02. The lowest BCUT2D eigenvalue weighted by Crippen LogP contribution is -2.20. The van der Waals surface area contributed by atoms with Crippen LogP contribution in [0.4, 0.5) is 5.95 Å². The maximum absolute atomic E-state index is 5.02. The predicted molar refractivity (Wildman–Crippen MR) is 62.7 cm³/mol. The predicted octanol–water partition coefficient (Wildman–Crippen LogP) is 1.04. The van der Waals surface area contributed by atoms with E-state index in [-0.39, 0.29) is 0 Å². The van der Waals surface area contributed by atoms with Gasteiger partial charge in [-0.05, 0) is 25.8 Å². The molecule has 0 aliphatic heterocycles. The molecule has 5 nitrogen and oxygen atoms in total. The Kier molecular flexibility index (Phi) is 3.93. The Bertz CT molecular complexity index is 328. The zero-order valence-corrected chi connectivity index (χ0v) is 9.57. The van der Waals surface area contributed by atoms with Crippen LogP contribution in [0.3, 0.4) is 0 Å². The van der Waals surface area contributed by atoms with E-state index in [4.69, 9.17) is 4.74 Å². The minimum absolute atomic E-state index is 0.591. The Labute approximate surface area is 95.6 Å². The molecule has 2 rings (SSSR count). The van der Waals surface area contributed by atoms with Gasteiger partial charge < -0.3 is 15.4 Å². The summed E-state index contributed by atoms with van der Waals surface area (Å²) in [6.45, 7) is 1.94. The Morgan fingerprint density at radius 3 is 3.06 bits per heavy atom. The molecular formula is C11H18N4O. The Morgan fingerprint density at radius 1 is 1.44 bits per heavy atom. The summed E-state index contributed by atoms with van der Waals surface area (Å²) in [4.78, 5) is 8.28. The summed E-state index contributed by atoms with van der Waals surface area (Å²) in [6, 6.07) is 2.52. The van der Waals surface area contributed by atoms with E-state index in [9.17, 15) is 0 Å². The van der Waals surface area contributed by atoms with Gasteiger partial charge in [0.2, 0.25) is 11.8 Å². The fourth-order valence-electron chi connectivity index (χ4n) is 1.42. The van der Waals surface area contributed by atoms with Crippen LogP contribution in [-0.2, 0) is 0 Å². The average molecular weight is 222 g/mol. The molecule has 1 heterocycles. The largest absolute Gasteiger partial charge is 0.481 e. The molecule has 2 N–H and O–H groups in total. The Balaban J connectivity index is 1.63. The van der Waals surface area contributed by atoms with Crippen LogP contribution in [-0.4, -0.2) is 36.2 Å². The van der Waals surface area contributed by atoms with Crippen LogP contribution in [0.5, 0.6) is 5.88 Å². The summed E-state index contributed by atoms with van der Waals surface area (Å²) < 4.78 is 5.02. The van der Waals surface area contributed by atoms with Crippen molar-refractivity contribution in [1.82, 2.24) is 15.3 Å². The molecule has 1 saturated carbocycles. The summed E-state index contributed by atoms with van der Waals surface area (Å²) in [5, 5.41) is 6.63. The first-order valence-electron chi connectivity index (χ1n) is 5.73. The van der Waals surface area contributed by atoms with Crippen LogP contribution in [0, 0.1) is 0 Å².